The van der Waals surface area contributed by atoms with Crippen molar-refractivity contribution in [1.82, 2.24) is 10.2 Å². The fourth-order valence-electron chi connectivity index (χ4n) is 3.38. The van der Waals surface area contributed by atoms with Crippen LogP contribution in [0.25, 0.3) is 0 Å². The molecule has 118 valence electrons. The average molecular weight is 311 g/mol. The summed E-state index contributed by atoms with van der Waals surface area (Å²) in [6, 6.07) is 4.21. The number of rotatable bonds is 3. The van der Waals surface area contributed by atoms with E-state index in [1.165, 1.54) is 12.0 Å². The summed E-state index contributed by atoms with van der Waals surface area (Å²) in [4.78, 5) is 14.8. The number of hydrogen-bond donors (Lipinski definition) is 1. The zero-order valence-electron chi connectivity index (χ0n) is 13.5. The molecule has 3 nitrogen and oxygen atoms in total. The molecule has 0 aliphatic carbocycles. The lowest BCUT2D eigenvalue weighted by molar-refractivity contribution is 0.0673. The van der Waals surface area contributed by atoms with Crippen LogP contribution >= 0.6 is 12.4 Å². The van der Waals surface area contributed by atoms with Gasteiger partial charge in [-0.05, 0) is 64.3 Å². The lowest BCUT2D eigenvalue weighted by atomic mass is 9.94. The first-order chi connectivity index (χ1) is 9.52. The van der Waals surface area contributed by atoms with Crippen LogP contribution in [0.1, 0.15) is 39.9 Å². The summed E-state index contributed by atoms with van der Waals surface area (Å²) in [5.74, 6) is 0.796. The second-order valence-electron chi connectivity index (χ2n) is 6.09. The molecule has 21 heavy (non-hydrogen) atoms. The van der Waals surface area contributed by atoms with Gasteiger partial charge in [0.2, 0.25) is 0 Å². The molecule has 4 heteroatoms. The van der Waals surface area contributed by atoms with Crippen molar-refractivity contribution < 1.29 is 4.79 Å². The first kappa shape index (κ1) is 18.0. The Balaban J connectivity index is 0.00000220. The van der Waals surface area contributed by atoms with Crippen molar-refractivity contribution in [3.63, 3.8) is 0 Å². The standard InChI is InChI=1S/C17H26N2O.ClH/c1-12-8-13(2)16(14(3)9-12)17(20)19-7-5-6-15(11-19)10-18-4;/h8-9,15,18H,5-7,10-11H2,1-4H3;1H. The molecule has 1 aromatic rings. The molecule has 1 aromatic carbocycles. The van der Waals surface area contributed by atoms with Crippen LogP contribution in [0.2, 0.25) is 0 Å². The van der Waals surface area contributed by atoms with Crippen molar-refractivity contribution in [2.24, 2.45) is 5.92 Å². The molecule has 1 fully saturated rings. The maximum Gasteiger partial charge on any atom is 0.254 e. The molecule has 2 rings (SSSR count). The molecule has 0 radical (unpaired) electrons. The number of likely N-dealkylation sites (tertiary alicyclic amines) is 1. The normalized spacial score (nSPS) is 18.3. The molecule has 1 heterocycles. The molecule has 1 aliphatic rings. The molecule has 1 saturated heterocycles. The minimum Gasteiger partial charge on any atom is -0.338 e. The lowest BCUT2D eigenvalue weighted by Crippen LogP contribution is -2.42. The number of aryl methyl sites for hydroxylation is 3. The number of carbonyl (C=O) groups is 1. The van der Waals surface area contributed by atoms with Crippen molar-refractivity contribution in [1.29, 1.82) is 0 Å². The zero-order chi connectivity index (χ0) is 14.7. The number of benzene rings is 1. The maximum absolute atomic E-state index is 12.8. The van der Waals surface area contributed by atoms with Gasteiger partial charge in [0.15, 0.2) is 0 Å². The predicted molar refractivity (Wildman–Crippen MR) is 90.5 cm³/mol. The molecule has 0 saturated carbocycles. The summed E-state index contributed by atoms with van der Waals surface area (Å²) < 4.78 is 0. The number of piperidine rings is 1. The highest BCUT2D eigenvalue weighted by Crippen LogP contribution is 2.22. The summed E-state index contributed by atoms with van der Waals surface area (Å²) >= 11 is 0. The SMILES string of the molecule is CNCC1CCCN(C(=O)c2c(C)cc(C)cc2C)C1.Cl. The molecule has 1 amide bonds. The summed E-state index contributed by atoms with van der Waals surface area (Å²) in [7, 11) is 1.98. The van der Waals surface area contributed by atoms with Crippen LogP contribution in [0, 0.1) is 26.7 Å². The van der Waals surface area contributed by atoms with Crippen molar-refractivity contribution in [2.45, 2.75) is 33.6 Å². The third-order valence-corrected chi connectivity index (χ3v) is 4.19. The van der Waals surface area contributed by atoms with Crippen molar-refractivity contribution in [3.8, 4) is 0 Å². The molecule has 1 atom stereocenters. The first-order valence-electron chi connectivity index (χ1n) is 7.54. The van der Waals surface area contributed by atoms with Crippen molar-refractivity contribution in [2.75, 3.05) is 26.7 Å². The molecule has 1 unspecified atom stereocenters. The summed E-state index contributed by atoms with van der Waals surface area (Å²) in [5, 5.41) is 3.23. The number of hydrogen-bond acceptors (Lipinski definition) is 2. The Morgan fingerprint density at radius 2 is 1.90 bits per heavy atom. The number of nitrogens with zero attached hydrogens (tertiary/aromatic N) is 1. The summed E-state index contributed by atoms with van der Waals surface area (Å²) in [5.41, 5.74) is 4.33. The van der Waals surface area contributed by atoms with E-state index in [-0.39, 0.29) is 18.3 Å². The first-order valence-corrected chi connectivity index (χ1v) is 7.54. The molecule has 0 bridgehead atoms. The van der Waals surface area contributed by atoms with E-state index < -0.39 is 0 Å². The quantitative estimate of drug-likeness (QED) is 0.930. The van der Waals surface area contributed by atoms with Crippen molar-refractivity contribution in [3.05, 3.63) is 34.4 Å². The number of amides is 1. The molecule has 0 aromatic heterocycles. The predicted octanol–water partition coefficient (Wildman–Crippen LogP) is 3.11. The second kappa shape index (κ2) is 7.81. The van der Waals surface area contributed by atoms with Gasteiger partial charge in [-0.1, -0.05) is 17.7 Å². The Morgan fingerprint density at radius 3 is 2.48 bits per heavy atom. The van der Waals surface area contributed by atoms with Gasteiger partial charge in [0, 0.05) is 18.7 Å². The lowest BCUT2D eigenvalue weighted by Gasteiger charge is -2.33. The number of nitrogens with one attached hydrogen (secondary N) is 1. The van der Waals surface area contributed by atoms with Gasteiger partial charge in [-0.25, -0.2) is 0 Å². The summed E-state index contributed by atoms with van der Waals surface area (Å²) in [6.45, 7) is 8.94. The Hall–Kier alpha value is -1.06. The minimum absolute atomic E-state index is 0. The smallest absolute Gasteiger partial charge is 0.254 e. The molecule has 0 spiro atoms. The van der Waals surface area contributed by atoms with Gasteiger partial charge in [-0.2, -0.15) is 0 Å². The average Bonchev–Trinajstić information content (AvgIpc) is 2.38. The van der Waals surface area contributed by atoms with Crippen LogP contribution in [-0.2, 0) is 0 Å². The van der Waals surface area contributed by atoms with Crippen LogP contribution in [0.15, 0.2) is 12.1 Å². The Morgan fingerprint density at radius 1 is 1.29 bits per heavy atom. The van der Waals surface area contributed by atoms with E-state index >= 15 is 0 Å². The van der Waals surface area contributed by atoms with E-state index in [0.717, 1.165) is 42.7 Å². The van der Waals surface area contributed by atoms with Gasteiger partial charge in [0.1, 0.15) is 0 Å². The van der Waals surface area contributed by atoms with Crippen LogP contribution in [0.4, 0.5) is 0 Å². The van der Waals surface area contributed by atoms with Gasteiger partial charge in [0.25, 0.3) is 5.91 Å². The Labute approximate surface area is 134 Å². The van der Waals surface area contributed by atoms with Crippen molar-refractivity contribution >= 4 is 18.3 Å². The Kier molecular flexibility index (Phi) is 6.69. The van der Waals surface area contributed by atoms with Crippen LogP contribution in [0.3, 0.4) is 0 Å². The Bertz CT molecular complexity index is 477. The largest absolute Gasteiger partial charge is 0.338 e. The zero-order valence-corrected chi connectivity index (χ0v) is 14.3. The van der Waals surface area contributed by atoms with Gasteiger partial charge in [-0.15, -0.1) is 12.4 Å². The third-order valence-electron chi connectivity index (χ3n) is 4.19. The summed E-state index contributed by atoms with van der Waals surface area (Å²) in [6.07, 6.45) is 2.33. The van der Waals surface area contributed by atoms with E-state index in [4.69, 9.17) is 0 Å². The van der Waals surface area contributed by atoms with E-state index in [2.05, 4.69) is 24.4 Å². The molecular formula is C17H27ClN2O. The second-order valence-corrected chi connectivity index (χ2v) is 6.09. The van der Waals surface area contributed by atoms with Crippen LogP contribution in [-0.4, -0.2) is 37.5 Å². The molecular weight excluding hydrogens is 284 g/mol. The van der Waals surface area contributed by atoms with Gasteiger partial charge >= 0.3 is 0 Å². The fraction of sp³-hybridized carbons (Fsp3) is 0.588. The fourth-order valence-corrected chi connectivity index (χ4v) is 3.38. The monoisotopic (exact) mass is 310 g/mol. The van der Waals surface area contributed by atoms with E-state index in [1.807, 2.05) is 25.8 Å². The third kappa shape index (κ3) is 4.21. The van der Waals surface area contributed by atoms with Crippen LogP contribution in [0.5, 0.6) is 0 Å². The molecule has 1 N–H and O–H groups in total. The van der Waals surface area contributed by atoms with E-state index in [9.17, 15) is 4.79 Å². The van der Waals surface area contributed by atoms with Gasteiger partial charge < -0.3 is 10.2 Å². The van der Waals surface area contributed by atoms with Gasteiger partial charge in [-0.3, -0.25) is 4.79 Å². The highest BCUT2D eigenvalue weighted by molar-refractivity contribution is 5.97. The highest BCUT2D eigenvalue weighted by atomic mass is 35.5. The topological polar surface area (TPSA) is 32.3 Å². The number of halogens is 1. The van der Waals surface area contributed by atoms with Gasteiger partial charge in [0.05, 0.1) is 0 Å². The van der Waals surface area contributed by atoms with Crippen LogP contribution < -0.4 is 5.32 Å². The number of carbonyl (C=O) groups excluding carboxylic acids is 1. The molecule has 1 aliphatic heterocycles. The highest BCUT2D eigenvalue weighted by Gasteiger charge is 2.25. The van der Waals surface area contributed by atoms with E-state index in [1.54, 1.807) is 0 Å². The maximum atomic E-state index is 12.8. The van der Waals surface area contributed by atoms with E-state index in [0.29, 0.717) is 5.92 Å². The minimum atomic E-state index is 0.